The first kappa shape index (κ1) is 23.1. The number of halogens is 1. The second-order valence-corrected chi connectivity index (χ2v) is 8.68. The number of hydrogen-bond donors (Lipinski definition) is 1. The Morgan fingerprint density at radius 1 is 1.23 bits per heavy atom. The summed E-state index contributed by atoms with van der Waals surface area (Å²) in [6.07, 6.45) is 2.52. The van der Waals surface area contributed by atoms with Gasteiger partial charge in [-0.3, -0.25) is 9.69 Å². The average Bonchev–Trinajstić information content (AvgIpc) is 2.76. The summed E-state index contributed by atoms with van der Waals surface area (Å²) < 4.78 is 11.8. The van der Waals surface area contributed by atoms with Crippen LogP contribution < -0.4 is 14.8 Å². The summed E-state index contributed by atoms with van der Waals surface area (Å²) >= 11 is 3.39. The third kappa shape index (κ3) is 6.71. The van der Waals surface area contributed by atoms with Crippen LogP contribution in [0.15, 0.2) is 40.9 Å². The van der Waals surface area contributed by atoms with E-state index in [-0.39, 0.29) is 12.5 Å². The molecule has 0 atom stereocenters. The Morgan fingerprint density at radius 3 is 2.58 bits per heavy atom. The number of piperidine rings is 1. The molecule has 31 heavy (non-hydrogen) atoms. The van der Waals surface area contributed by atoms with Gasteiger partial charge in [-0.05, 0) is 78.5 Å². The third-order valence-electron chi connectivity index (χ3n) is 5.31. The fourth-order valence-corrected chi connectivity index (χ4v) is 4.10. The highest BCUT2D eigenvalue weighted by Gasteiger charge is 2.16. The van der Waals surface area contributed by atoms with E-state index in [2.05, 4.69) is 51.3 Å². The van der Waals surface area contributed by atoms with Gasteiger partial charge in [0.05, 0.1) is 22.7 Å². The number of carbonyl (C=O) groups is 1. The lowest BCUT2D eigenvalue weighted by atomic mass is 9.99. The van der Waals surface area contributed by atoms with Crippen LogP contribution in [-0.2, 0) is 11.3 Å². The van der Waals surface area contributed by atoms with Crippen molar-refractivity contribution in [2.45, 2.75) is 33.2 Å². The Kier molecular flexibility index (Phi) is 8.33. The molecule has 1 aliphatic heterocycles. The zero-order valence-electron chi connectivity index (χ0n) is 18.0. The van der Waals surface area contributed by atoms with Crippen molar-refractivity contribution in [3.63, 3.8) is 0 Å². The normalized spacial score (nSPS) is 14.6. The van der Waals surface area contributed by atoms with Gasteiger partial charge < -0.3 is 14.8 Å². The van der Waals surface area contributed by atoms with Gasteiger partial charge in [0.25, 0.3) is 5.91 Å². The lowest BCUT2D eigenvalue weighted by molar-refractivity contribution is -0.118. The minimum absolute atomic E-state index is 0.168. The smallest absolute Gasteiger partial charge is 0.262 e. The summed E-state index contributed by atoms with van der Waals surface area (Å²) in [7, 11) is 0. The van der Waals surface area contributed by atoms with Gasteiger partial charge >= 0.3 is 0 Å². The fourth-order valence-electron chi connectivity index (χ4n) is 3.54. The summed E-state index contributed by atoms with van der Waals surface area (Å²) in [5, 5.41) is 12.0. The monoisotopic (exact) mass is 485 g/mol. The number of nitrogens with zero attached hydrogens (tertiary/aromatic N) is 2. The highest BCUT2D eigenvalue weighted by atomic mass is 79.9. The summed E-state index contributed by atoms with van der Waals surface area (Å²) in [5.74, 6) is 1.39. The number of rotatable bonds is 8. The maximum atomic E-state index is 12.4. The van der Waals surface area contributed by atoms with Gasteiger partial charge in [0, 0.05) is 18.3 Å². The minimum atomic E-state index is -0.267. The molecule has 1 saturated heterocycles. The molecule has 0 saturated carbocycles. The first-order chi connectivity index (χ1) is 15.0. The molecule has 0 radical (unpaired) electrons. The fraction of sp³-hybridized carbons (Fsp3) is 0.417. The van der Waals surface area contributed by atoms with E-state index >= 15 is 0 Å². The summed E-state index contributed by atoms with van der Waals surface area (Å²) in [6.45, 7) is 7.65. The molecule has 1 heterocycles. The minimum Gasteiger partial charge on any atom is -0.490 e. The lowest BCUT2D eigenvalue weighted by Gasteiger charge is -2.30. The molecule has 3 rings (SSSR count). The van der Waals surface area contributed by atoms with E-state index < -0.39 is 0 Å². The predicted molar refractivity (Wildman–Crippen MR) is 124 cm³/mol. The van der Waals surface area contributed by atoms with Crippen molar-refractivity contribution in [2.75, 3.05) is 31.6 Å². The summed E-state index contributed by atoms with van der Waals surface area (Å²) in [4.78, 5) is 14.8. The van der Waals surface area contributed by atoms with E-state index in [4.69, 9.17) is 14.7 Å². The van der Waals surface area contributed by atoms with Crippen LogP contribution in [0.5, 0.6) is 11.5 Å². The highest BCUT2D eigenvalue weighted by Crippen LogP contribution is 2.36. The first-order valence-corrected chi connectivity index (χ1v) is 11.4. The van der Waals surface area contributed by atoms with E-state index in [1.807, 2.05) is 19.1 Å². The summed E-state index contributed by atoms with van der Waals surface area (Å²) in [6, 6.07) is 13.3. The number of benzene rings is 2. The van der Waals surface area contributed by atoms with Gasteiger partial charge in [-0.25, -0.2) is 0 Å². The Bertz CT molecular complexity index is 932. The largest absolute Gasteiger partial charge is 0.490 e. The van der Waals surface area contributed by atoms with Crippen LogP contribution in [0, 0.1) is 17.2 Å². The van der Waals surface area contributed by atoms with Crippen molar-refractivity contribution in [1.29, 1.82) is 5.26 Å². The van der Waals surface area contributed by atoms with Crippen LogP contribution >= 0.6 is 15.9 Å². The van der Waals surface area contributed by atoms with Crippen LogP contribution in [0.4, 0.5) is 5.69 Å². The molecular formula is C24H28BrN3O3. The van der Waals surface area contributed by atoms with Gasteiger partial charge in [-0.1, -0.05) is 19.1 Å². The van der Waals surface area contributed by atoms with E-state index in [1.165, 1.54) is 18.4 Å². The molecule has 0 aromatic heterocycles. The first-order valence-electron chi connectivity index (χ1n) is 10.6. The standard InChI is InChI=1S/C24H28BrN3O3/c1-3-30-22-13-19(14-26)12-21(25)24(22)31-16-23(29)27-20-6-4-18(5-7-20)15-28-10-8-17(2)9-11-28/h4-7,12-13,17H,3,8-11,15-16H2,1-2H3,(H,27,29). The number of nitrogens with one attached hydrogen (secondary N) is 1. The molecule has 2 aromatic carbocycles. The Hall–Kier alpha value is -2.56. The molecule has 2 aromatic rings. The van der Waals surface area contributed by atoms with Gasteiger partial charge in [0.15, 0.2) is 18.1 Å². The third-order valence-corrected chi connectivity index (χ3v) is 5.90. The van der Waals surface area contributed by atoms with Crippen LogP contribution in [0.1, 0.15) is 37.8 Å². The quantitative estimate of drug-likeness (QED) is 0.571. The Labute approximate surface area is 192 Å². The van der Waals surface area contributed by atoms with Crippen molar-refractivity contribution in [1.82, 2.24) is 4.90 Å². The molecular weight excluding hydrogens is 458 g/mol. The molecule has 1 amide bonds. The molecule has 0 aliphatic carbocycles. The van der Waals surface area contributed by atoms with Gasteiger partial charge in [-0.15, -0.1) is 0 Å². The van der Waals surface area contributed by atoms with E-state index in [9.17, 15) is 4.79 Å². The van der Waals surface area contributed by atoms with Gasteiger partial charge in [0.2, 0.25) is 0 Å². The predicted octanol–water partition coefficient (Wildman–Crippen LogP) is 4.97. The molecule has 0 bridgehead atoms. The topological polar surface area (TPSA) is 74.6 Å². The summed E-state index contributed by atoms with van der Waals surface area (Å²) in [5.41, 5.74) is 2.42. The van der Waals surface area contributed by atoms with E-state index in [0.717, 1.165) is 31.2 Å². The SMILES string of the molecule is CCOc1cc(C#N)cc(Br)c1OCC(=O)Nc1ccc(CN2CCC(C)CC2)cc1. The number of nitriles is 1. The molecule has 7 heteroatoms. The Balaban J connectivity index is 1.54. The second-order valence-electron chi connectivity index (χ2n) is 7.82. The van der Waals surface area contributed by atoms with Crippen molar-refractivity contribution in [3.05, 3.63) is 52.0 Å². The molecule has 1 fully saturated rings. The molecule has 0 unspecified atom stereocenters. The zero-order chi connectivity index (χ0) is 22.2. The van der Waals surface area contributed by atoms with Crippen LogP contribution in [-0.4, -0.2) is 37.1 Å². The number of anilines is 1. The van der Waals surface area contributed by atoms with Gasteiger partial charge in [-0.2, -0.15) is 5.26 Å². The van der Waals surface area contributed by atoms with E-state index in [0.29, 0.717) is 28.1 Å². The van der Waals surface area contributed by atoms with Crippen LogP contribution in [0.2, 0.25) is 0 Å². The number of hydrogen-bond acceptors (Lipinski definition) is 5. The van der Waals surface area contributed by atoms with Crippen molar-refractivity contribution < 1.29 is 14.3 Å². The van der Waals surface area contributed by atoms with E-state index in [1.54, 1.807) is 12.1 Å². The van der Waals surface area contributed by atoms with Crippen LogP contribution in [0.25, 0.3) is 0 Å². The number of likely N-dealkylation sites (tertiary alicyclic amines) is 1. The van der Waals surface area contributed by atoms with Crippen molar-refractivity contribution in [2.24, 2.45) is 5.92 Å². The maximum Gasteiger partial charge on any atom is 0.262 e. The number of ether oxygens (including phenoxy) is 2. The molecule has 164 valence electrons. The second kappa shape index (κ2) is 11.2. The molecule has 6 nitrogen and oxygen atoms in total. The lowest BCUT2D eigenvalue weighted by Crippen LogP contribution is -2.32. The van der Waals surface area contributed by atoms with Crippen LogP contribution in [0.3, 0.4) is 0 Å². The number of amides is 1. The number of carbonyl (C=O) groups excluding carboxylic acids is 1. The van der Waals surface area contributed by atoms with Gasteiger partial charge in [0.1, 0.15) is 0 Å². The Morgan fingerprint density at radius 2 is 1.94 bits per heavy atom. The molecule has 0 spiro atoms. The maximum absolute atomic E-state index is 12.4. The highest BCUT2D eigenvalue weighted by molar-refractivity contribution is 9.10. The average molecular weight is 486 g/mol. The molecule has 1 N–H and O–H groups in total. The molecule has 1 aliphatic rings. The van der Waals surface area contributed by atoms with Crippen molar-refractivity contribution in [3.8, 4) is 17.6 Å². The zero-order valence-corrected chi connectivity index (χ0v) is 19.6. The van der Waals surface area contributed by atoms with Crippen molar-refractivity contribution >= 4 is 27.5 Å².